The van der Waals surface area contributed by atoms with Gasteiger partial charge in [-0.15, -0.1) is 0 Å². The maximum atomic E-state index is 14.0. The van der Waals surface area contributed by atoms with E-state index in [-0.39, 0.29) is 22.2 Å². The van der Waals surface area contributed by atoms with Crippen LogP contribution in [0.15, 0.2) is 59.5 Å². The first kappa shape index (κ1) is 34.8. The summed E-state index contributed by atoms with van der Waals surface area (Å²) in [7, 11) is 0. The molecule has 0 saturated heterocycles. The molecule has 0 bridgehead atoms. The number of anilines is 1. The molecule has 1 amide bonds. The molecule has 2 heterocycles. The Balaban J connectivity index is 1.61. The van der Waals surface area contributed by atoms with E-state index in [2.05, 4.69) is 58.2 Å². The number of benzene rings is 2. The van der Waals surface area contributed by atoms with Gasteiger partial charge in [-0.25, -0.2) is 4.72 Å². The fraction of sp³-hybridized carbons (Fsp3) is 0.459. The lowest BCUT2D eigenvalue weighted by Gasteiger charge is -2.51. The predicted molar refractivity (Wildman–Crippen MR) is 192 cm³/mol. The summed E-state index contributed by atoms with van der Waals surface area (Å²) in [6, 6.07) is 14.4. The Morgan fingerprint density at radius 3 is 2.15 bits per heavy atom. The van der Waals surface area contributed by atoms with Gasteiger partial charge in [-0.05, 0) is 90.5 Å². The smallest absolute Gasteiger partial charge is 0.318 e. The Hall–Kier alpha value is -3.56. The number of halogens is 1. The third-order valence-corrected chi connectivity index (χ3v) is 10.8. The minimum atomic E-state index is -2.25. The molecule has 1 aliphatic carbocycles. The van der Waals surface area contributed by atoms with Crippen molar-refractivity contribution in [1.82, 2.24) is 14.1 Å². The first-order valence-electron chi connectivity index (χ1n) is 16.2. The van der Waals surface area contributed by atoms with Crippen LogP contribution in [-0.2, 0) is 17.7 Å². The van der Waals surface area contributed by atoms with Crippen LogP contribution in [0.3, 0.4) is 0 Å². The molecule has 5 rings (SSSR count). The first-order valence-corrected chi connectivity index (χ1v) is 17.7. The van der Waals surface area contributed by atoms with E-state index in [9.17, 15) is 13.8 Å². The van der Waals surface area contributed by atoms with Crippen LogP contribution in [0.2, 0.25) is 5.02 Å². The summed E-state index contributed by atoms with van der Waals surface area (Å²) in [5, 5.41) is 0.612. The van der Waals surface area contributed by atoms with Crippen LogP contribution >= 0.6 is 11.6 Å². The number of aryl methyl sites for hydroxylation is 1. The van der Waals surface area contributed by atoms with Crippen LogP contribution in [0.4, 0.5) is 5.82 Å². The first-order chi connectivity index (χ1) is 21.9. The van der Waals surface area contributed by atoms with Crippen molar-refractivity contribution in [3.63, 3.8) is 0 Å². The quantitative estimate of drug-likeness (QED) is 0.182. The molecule has 4 aromatic rings. The summed E-state index contributed by atoms with van der Waals surface area (Å²) in [5.41, 5.74) is 9.93. The highest BCUT2D eigenvalue weighted by Crippen LogP contribution is 2.53. The number of hydrogen-bond acceptors (Lipinski definition) is 5. The number of aromatic amines is 1. The fourth-order valence-corrected chi connectivity index (χ4v) is 8.21. The number of nitrogens with two attached hydrogens (primary N) is 1. The van der Waals surface area contributed by atoms with Gasteiger partial charge in [0, 0.05) is 22.3 Å². The molecule has 0 spiro atoms. The highest BCUT2D eigenvalue weighted by Gasteiger charge is 2.46. The molecule has 252 valence electrons. The molecule has 8 nitrogen and oxygen atoms in total. The average molecular weight is 679 g/mol. The van der Waals surface area contributed by atoms with Gasteiger partial charge in [0.25, 0.3) is 11.5 Å². The number of H-pyrrole nitrogens is 1. The van der Waals surface area contributed by atoms with E-state index in [4.69, 9.17) is 21.5 Å². The molecule has 1 aliphatic rings. The number of amides is 1. The number of fused-ring (bicyclic) bond motifs is 1. The molecule has 2 aromatic heterocycles. The van der Waals surface area contributed by atoms with Crippen molar-refractivity contribution in [1.29, 1.82) is 0 Å². The average Bonchev–Trinajstić information content (AvgIpc) is 3.32. The van der Waals surface area contributed by atoms with Gasteiger partial charge in [0.05, 0.1) is 0 Å². The number of nitrogen functional groups attached to an aromatic ring is 1. The van der Waals surface area contributed by atoms with Crippen molar-refractivity contribution >= 4 is 40.2 Å². The van der Waals surface area contributed by atoms with E-state index in [1.807, 2.05) is 31.2 Å². The van der Waals surface area contributed by atoms with E-state index in [1.165, 1.54) is 4.40 Å². The van der Waals surface area contributed by atoms with Crippen LogP contribution in [0, 0.1) is 41.4 Å². The Morgan fingerprint density at radius 1 is 1.02 bits per heavy atom. The topological polar surface area (TPSA) is 119 Å². The van der Waals surface area contributed by atoms with Crippen molar-refractivity contribution < 1.29 is 13.2 Å². The lowest BCUT2D eigenvalue weighted by Crippen LogP contribution is -2.44. The maximum Gasteiger partial charge on any atom is 0.318 e. The molecular weight excluding hydrogens is 632 g/mol. The van der Waals surface area contributed by atoms with Crippen molar-refractivity contribution in [3.8, 4) is 16.9 Å². The summed E-state index contributed by atoms with van der Waals surface area (Å²) in [6.45, 7) is 18.3. The monoisotopic (exact) mass is 678 g/mol. The second-order valence-corrected chi connectivity index (χ2v) is 16.7. The molecule has 3 unspecified atom stereocenters. The largest absolute Gasteiger partial charge is 0.385 e. The molecule has 0 radical (unpaired) electrons. The molecule has 2 aromatic carbocycles. The van der Waals surface area contributed by atoms with Gasteiger partial charge in [-0.3, -0.25) is 14.0 Å². The SMILES string of the molecule is Cc1ccc(OS(=O)NC(=O)c2c(N)[nH]c3c(CC4C(C(C)(C)C)CC(C)CC4C(C)(C)C)c(-c4ccc(Cl)cc4)cn3c2=O)cc1. The van der Waals surface area contributed by atoms with Crippen LogP contribution in [0.25, 0.3) is 16.8 Å². The van der Waals surface area contributed by atoms with E-state index in [0.717, 1.165) is 41.5 Å². The number of carbonyl (C=O) groups excluding carboxylic acids is 1. The van der Waals surface area contributed by atoms with Gasteiger partial charge in [0.1, 0.15) is 22.8 Å². The van der Waals surface area contributed by atoms with E-state index < -0.39 is 22.7 Å². The maximum absolute atomic E-state index is 14.0. The number of hydrogen-bond donors (Lipinski definition) is 3. The molecule has 3 atom stereocenters. The second kappa shape index (κ2) is 13.2. The number of carbonyl (C=O) groups is 1. The highest BCUT2D eigenvalue weighted by molar-refractivity contribution is 7.79. The minimum absolute atomic E-state index is 0.0762. The van der Waals surface area contributed by atoms with Crippen molar-refractivity contribution in [2.75, 3.05) is 5.73 Å². The van der Waals surface area contributed by atoms with Crippen molar-refractivity contribution in [3.05, 3.63) is 86.8 Å². The number of aromatic nitrogens is 2. The van der Waals surface area contributed by atoms with Crippen LogP contribution in [0.5, 0.6) is 5.75 Å². The molecule has 1 saturated carbocycles. The zero-order valence-corrected chi connectivity index (χ0v) is 30.1. The summed E-state index contributed by atoms with van der Waals surface area (Å²) in [5.74, 6) is 1.14. The lowest BCUT2D eigenvalue weighted by molar-refractivity contribution is -0.0137. The van der Waals surface area contributed by atoms with Gasteiger partial charge >= 0.3 is 11.3 Å². The Bertz CT molecular complexity index is 1830. The second-order valence-electron chi connectivity index (χ2n) is 15.4. The number of nitrogens with one attached hydrogen (secondary N) is 2. The minimum Gasteiger partial charge on any atom is -0.385 e. The molecule has 0 aliphatic heterocycles. The van der Waals surface area contributed by atoms with Crippen LogP contribution in [0.1, 0.15) is 82.8 Å². The summed E-state index contributed by atoms with van der Waals surface area (Å²) in [6.07, 6.45) is 4.76. The molecule has 10 heteroatoms. The van der Waals surface area contributed by atoms with Crippen LogP contribution < -0.4 is 20.2 Å². The van der Waals surface area contributed by atoms with Gasteiger partial charge < -0.3 is 14.9 Å². The molecule has 4 N–H and O–H groups in total. The van der Waals surface area contributed by atoms with Crippen molar-refractivity contribution in [2.45, 2.75) is 74.7 Å². The summed E-state index contributed by atoms with van der Waals surface area (Å²) < 4.78 is 21.8. The zero-order chi connectivity index (χ0) is 34.4. The normalized spacial score (nSPS) is 21.0. The predicted octanol–water partition coefficient (Wildman–Crippen LogP) is 8.14. The van der Waals surface area contributed by atoms with Gasteiger partial charge in [0.15, 0.2) is 0 Å². The lowest BCUT2D eigenvalue weighted by atomic mass is 9.54. The zero-order valence-electron chi connectivity index (χ0n) is 28.6. The third-order valence-electron chi connectivity index (χ3n) is 9.83. The summed E-state index contributed by atoms with van der Waals surface area (Å²) in [4.78, 5) is 30.6. The molecule has 47 heavy (non-hydrogen) atoms. The summed E-state index contributed by atoms with van der Waals surface area (Å²) >= 11 is 4.02. The van der Waals surface area contributed by atoms with E-state index in [0.29, 0.717) is 40.1 Å². The third kappa shape index (κ3) is 7.46. The fourth-order valence-electron chi connectivity index (χ4n) is 7.50. The van der Waals surface area contributed by atoms with Gasteiger partial charge in [-0.1, -0.05) is 89.9 Å². The Labute approximate surface area is 285 Å². The standard InChI is InChI=1S/C37H47ClN4O4S/c1-21-9-15-25(16-10-21)46-47(45)41-34(43)31-32(39)40-33-26(28(20-42(33)35(31)44)23-11-13-24(38)14-12-23)19-27-29(36(3,4)5)17-22(2)18-30(27)37(6,7)8/h9-16,20,22,27,29-30,40H,17-19,39H2,1-8H3,(H,41,43). The molecule has 1 fully saturated rings. The molecular formula is C37H47ClN4O4S. The van der Waals surface area contributed by atoms with E-state index in [1.54, 1.807) is 30.5 Å². The van der Waals surface area contributed by atoms with E-state index >= 15 is 0 Å². The van der Waals surface area contributed by atoms with Gasteiger partial charge in [-0.2, -0.15) is 4.21 Å². The number of rotatable bonds is 7. The Morgan fingerprint density at radius 2 is 1.60 bits per heavy atom. The number of nitrogens with zero attached hydrogens (tertiary/aromatic N) is 1. The highest BCUT2D eigenvalue weighted by atomic mass is 35.5. The Kier molecular flexibility index (Phi) is 9.73. The van der Waals surface area contributed by atoms with Crippen molar-refractivity contribution in [2.24, 2.45) is 34.5 Å². The van der Waals surface area contributed by atoms with Gasteiger partial charge in [0.2, 0.25) is 0 Å². The van der Waals surface area contributed by atoms with Crippen LogP contribution in [-0.4, -0.2) is 19.5 Å².